The molecule has 3 N–H and O–H groups in total. The second kappa shape index (κ2) is 8.35. The number of benzene rings is 1. The largest absolute Gasteiger partial charge is 0.393 e. The number of nitrogens with one attached hydrogen (secondary N) is 1. The second-order valence-corrected chi connectivity index (χ2v) is 8.72. The van der Waals surface area contributed by atoms with Gasteiger partial charge in [-0.05, 0) is 42.1 Å². The lowest BCUT2D eigenvalue weighted by molar-refractivity contribution is -0.133. The smallest absolute Gasteiger partial charge is 0.248 e. The lowest BCUT2D eigenvalue weighted by Crippen LogP contribution is -2.56. The van der Waals surface area contributed by atoms with Gasteiger partial charge in [0.1, 0.15) is 11.5 Å². The number of hydrogen-bond acceptors (Lipinski definition) is 6. The molecule has 4 rings (SSSR count). The SMILES string of the molecule is CNc1nc(Cl)nc(N2CCN(C(c3ccc(F)cc3)C3CC(F)(F)C3)CC2C)c1N. The van der Waals surface area contributed by atoms with E-state index in [9.17, 15) is 13.2 Å². The van der Waals surface area contributed by atoms with Crippen molar-refractivity contribution < 1.29 is 13.2 Å². The summed E-state index contributed by atoms with van der Waals surface area (Å²) in [5.74, 6) is -2.10. The van der Waals surface area contributed by atoms with E-state index < -0.39 is 5.92 Å². The Balaban J connectivity index is 1.57. The first-order valence-corrected chi connectivity index (χ1v) is 10.7. The van der Waals surface area contributed by atoms with Crippen LogP contribution < -0.4 is 16.0 Å². The van der Waals surface area contributed by atoms with Crippen molar-refractivity contribution in [2.75, 3.05) is 42.6 Å². The Kier molecular flexibility index (Phi) is 5.91. The van der Waals surface area contributed by atoms with Crippen molar-refractivity contribution in [3.63, 3.8) is 0 Å². The fourth-order valence-electron chi connectivity index (χ4n) is 4.77. The summed E-state index contributed by atoms with van der Waals surface area (Å²) in [4.78, 5) is 12.7. The molecule has 2 unspecified atom stereocenters. The zero-order valence-electron chi connectivity index (χ0n) is 17.5. The number of anilines is 3. The van der Waals surface area contributed by atoms with Crippen LogP contribution >= 0.6 is 11.6 Å². The number of hydrogen-bond donors (Lipinski definition) is 2. The molecule has 1 aromatic carbocycles. The monoisotopic (exact) mass is 454 g/mol. The Hall–Kier alpha value is -2.26. The van der Waals surface area contributed by atoms with E-state index in [1.54, 1.807) is 19.2 Å². The summed E-state index contributed by atoms with van der Waals surface area (Å²) in [6.07, 6.45) is -0.298. The number of nitrogens with two attached hydrogens (primary N) is 1. The molecule has 1 saturated carbocycles. The summed E-state index contributed by atoms with van der Waals surface area (Å²) in [6, 6.07) is 6.01. The molecule has 31 heavy (non-hydrogen) atoms. The molecule has 2 aliphatic rings. The van der Waals surface area contributed by atoms with E-state index in [-0.39, 0.29) is 41.9 Å². The van der Waals surface area contributed by atoms with Crippen molar-refractivity contribution in [1.29, 1.82) is 0 Å². The molecule has 2 heterocycles. The maximum atomic E-state index is 13.7. The highest BCUT2D eigenvalue weighted by atomic mass is 35.5. The lowest BCUT2D eigenvalue weighted by Gasteiger charge is -2.49. The molecule has 0 amide bonds. The Morgan fingerprint density at radius 2 is 1.87 bits per heavy atom. The average Bonchev–Trinajstić information content (AvgIpc) is 2.70. The topological polar surface area (TPSA) is 70.3 Å². The molecule has 1 saturated heterocycles. The van der Waals surface area contributed by atoms with Crippen LogP contribution in [0.1, 0.15) is 31.4 Å². The number of alkyl halides is 2. The highest BCUT2D eigenvalue weighted by Crippen LogP contribution is 2.50. The molecular weight excluding hydrogens is 429 g/mol. The number of rotatable bonds is 5. The minimum absolute atomic E-state index is 0.00950. The van der Waals surface area contributed by atoms with Gasteiger partial charge in [0.15, 0.2) is 11.6 Å². The minimum atomic E-state index is -2.62. The molecular formula is C21H26ClF3N6. The summed E-state index contributed by atoms with van der Waals surface area (Å²) in [5.41, 5.74) is 7.53. The number of aromatic nitrogens is 2. The highest BCUT2D eigenvalue weighted by Gasteiger charge is 2.50. The fraction of sp³-hybridized carbons (Fsp3) is 0.524. The predicted octanol–water partition coefficient (Wildman–Crippen LogP) is 4.19. The molecule has 6 nitrogen and oxygen atoms in total. The Morgan fingerprint density at radius 1 is 1.19 bits per heavy atom. The summed E-state index contributed by atoms with van der Waals surface area (Å²) < 4.78 is 40.8. The van der Waals surface area contributed by atoms with Crippen LogP contribution in [0.2, 0.25) is 5.28 Å². The van der Waals surface area contributed by atoms with E-state index in [2.05, 4.69) is 25.1 Å². The number of nitrogens with zero attached hydrogens (tertiary/aromatic N) is 4. The van der Waals surface area contributed by atoms with Crippen molar-refractivity contribution >= 4 is 28.9 Å². The Morgan fingerprint density at radius 3 is 2.45 bits per heavy atom. The van der Waals surface area contributed by atoms with Gasteiger partial charge in [0.05, 0.1) is 0 Å². The summed E-state index contributed by atoms with van der Waals surface area (Å²) in [7, 11) is 1.71. The summed E-state index contributed by atoms with van der Waals surface area (Å²) in [5, 5.41) is 3.02. The lowest BCUT2D eigenvalue weighted by atomic mass is 9.73. The van der Waals surface area contributed by atoms with Gasteiger partial charge < -0.3 is 16.0 Å². The highest BCUT2D eigenvalue weighted by molar-refractivity contribution is 6.28. The van der Waals surface area contributed by atoms with Crippen LogP contribution in [0.5, 0.6) is 0 Å². The summed E-state index contributed by atoms with van der Waals surface area (Å²) >= 11 is 6.08. The van der Waals surface area contributed by atoms with E-state index in [0.29, 0.717) is 37.0 Å². The maximum Gasteiger partial charge on any atom is 0.248 e. The predicted molar refractivity (Wildman–Crippen MR) is 116 cm³/mol. The van der Waals surface area contributed by atoms with Crippen LogP contribution in [0.4, 0.5) is 30.5 Å². The van der Waals surface area contributed by atoms with Gasteiger partial charge in [-0.2, -0.15) is 9.97 Å². The molecule has 1 aromatic heterocycles. The summed E-state index contributed by atoms with van der Waals surface area (Å²) in [6.45, 7) is 3.89. The van der Waals surface area contributed by atoms with Gasteiger partial charge in [0.2, 0.25) is 11.2 Å². The molecule has 2 fully saturated rings. The van der Waals surface area contributed by atoms with Gasteiger partial charge in [-0.15, -0.1) is 0 Å². The quantitative estimate of drug-likeness (QED) is 0.660. The van der Waals surface area contributed by atoms with Crippen molar-refractivity contribution in [3.8, 4) is 0 Å². The standard InChI is InChI=1S/C21H26ClF3N6/c1-12-11-30(7-8-31(12)19-16(26)18(27-2)28-20(22)29-19)17(14-9-21(24,25)10-14)13-3-5-15(23)6-4-13/h3-6,12,14,17H,7-11,26H2,1-2H3,(H,27,28,29). The Bertz CT molecular complexity index is 933. The number of nitrogen functional groups attached to an aromatic ring is 1. The van der Waals surface area contributed by atoms with Crippen LogP contribution in [-0.4, -0.2) is 53.5 Å². The van der Waals surface area contributed by atoms with Gasteiger partial charge in [-0.25, -0.2) is 13.2 Å². The van der Waals surface area contributed by atoms with Gasteiger partial charge in [0.25, 0.3) is 0 Å². The molecule has 0 radical (unpaired) electrons. The molecule has 1 aliphatic carbocycles. The van der Waals surface area contributed by atoms with Gasteiger partial charge in [-0.3, -0.25) is 4.90 Å². The zero-order valence-corrected chi connectivity index (χ0v) is 18.2. The zero-order chi connectivity index (χ0) is 22.3. The molecule has 0 bridgehead atoms. The van der Waals surface area contributed by atoms with Crippen molar-refractivity contribution in [2.24, 2.45) is 5.92 Å². The van der Waals surface area contributed by atoms with Crippen LogP contribution in [0, 0.1) is 11.7 Å². The van der Waals surface area contributed by atoms with Crippen molar-refractivity contribution in [1.82, 2.24) is 14.9 Å². The van der Waals surface area contributed by atoms with Gasteiger partial charge in [-0.1, -0.05) is 12.1 Å². The van der Waals surface area contributed by atoms with Crippen LogP contribution in [0.3, 0.4) is 0 Å². The average molecular weight is 455 g/mol. The van der Waals surface area contributed by atoms with Crippen LogP contribution in [0.15, 0.2) is 24.3 Å². The van der Waals surface area contributed by atoms with Crippen LogP contribution in [0.25, 0.3) is 0 Å². The third-order valence-corrected chi connectivity index (χ3v) is 6.41. The van der Waals surface area contributed by atoms with Gasteiger partial charge in [0, 0.05) is 51.6 Å². The van der Waals surface area contributed by atoms with E-state index >= 15 is 0 Å². The van der Waals surface area contributed by atoms with Crippen LogP contribution in [-0.2, 0) is 0 Å². The first kappa shape index (κ1) is 22.0. The molecule has 2 atom stereocenters. The second-order valence-electron chi connectivity index (χ2n) is 8.39. The molecule has 168 valence electrons. The first-order chi connectivity index (χ1) is 14.7. The number of halogens is 4. The van der Waals surface area contributed by atoms with Crippen molar-refractivity contribution in [3.05, 3.63) is 40.9 Å². The normalized spacial score (nSPS) is 22.8. The molecule has 1 aliphatic heterocycles. The van der Waals surface area contributed by atoms with Gasteiger partial charge >= 0.3 is 0 Å². The third kappa shape index (κ3) is 4.39. The van der Waals surface area contributed by atoms with E-state index in [1.807, 2.05) is 6.92 Å². The minimum Gasteiger partial charge on any atom is -0.393 e. The van der Waals surface area contributed by atoms with E-state index in [4.69, 9.17) is 17.3 Å². The maximum absolute atomic E-state index is 13.7. The molecule has 10 heteroatoms. The molecule has 0 spiro atoms. The van der Waals surface area contributed by atoms with E-state index in [1.165, 1.54) is 12.1 Å². The first-order valence-electron chi connectivity index (χ1n) is 10.3. The number of piperazine rings is 1. The van der Waals surface area contributed by atoms with E-state index in [0.717, 1.165) is 5.56 Å². The molecule has 2 aromatic rings. The Labute approximate surface area is 184 Å². The fourth-order valence-corrected chi connectivity index (χ4v) is 4.93. The third-order valence-electron chi connectivity index (χ3n) is 6.24. The van der Waals surface area contributed by atoms with Crippen molar-refractivity contribution in [2.45, 2.75) is 37.8 Å².